The normalized spacial score (nSPS) is 12.0. The summed E-state index contributed by atoms with van der Waals surface area (Å²) in [5.41, 5.74) is 10.7. The van der Waals surface area contributed by atoms with Crippen LogP contribution in [0.2, 0.25) is 0 Å². The Morgan fingerprint density at radius 3 is 2.25 bits per heavy atom. The maximum atomic E-state index is 6.39. The van der Waals surface area contributed by atoms with E-state index in [2.05, 4.69) is 66.5 Å². The first-order chi connectivity index (χ1) is 21.6. The van der Waals surface area contributed by atoms with Crippen molar-refractivity contribution in [2.75, 3.05) is 44.4 Å². The van der Waals surface area contributed by atoms with Gasteiger partial charge in [-0.25, -0.2) is 4.98 Å². The molecule has 7 nitrogen and oxygen atoms in total. The highest BCUT2D eigenvalue weighted by Gasteiger charge is 2.25. The summed E-state index contributed by atoms with van der Waals surface area (Å²) in [7, 11) is 1.66. The van der Waals surface area contributed by atoms with E-state index in [1.165, 1.54) is 14.7 Å². The molecule has 44 heavy (non-hydrogen) atoms. The molecule has 0 saturated carbocycles. The average molecular weight is 622 g/mol. The number of nitrogens with one attached hydrogen (secondary N) is 1. The van der Waals surface area contributed by atoms with Crippen LogP contribution in [-0.2, 0) is 0 Å². The van der Waals surface area contributed by atoms with Crippen molar-refractivity contribution in [1.82, 2.24) is 14.9 Å². The second-order valence-electron chi connectivity index (χ2n) is 10.2. The van der Waals surface area contributed by atoms with E-state index in [9.17, 15) is 0 Å². The molecule has 1 aromatic heterocycles. The summed E-state index contributed by atoms with van der Waals surface area (Å²) >= 11 is 3.55. The lowest BCUT2D eigenvalue weighted by Crippen LogP contribution is -2.27. The van der Waals surface area contributed by atoms with E-state index in [4.69, 9.17) is 25.2 Å². The first-order valence-electron chi connectivity index (χ1n) is 14.7. The van der Waals surface area contributed by atoms with Gasteiger partial charge in [0.25, 0.3) is 0 Å². The molecular formula is C35H35N5O2S2. The fourth-order valence-electron chi connectivity index (χ4n) is 5.20. The SMILES string of the molecule is CCN(CC)CCOc1ccc(-c2nc(N)nc(Nc3ccccc3OC)c2-c2cccc3c2Sc2ccccc2S3)cc1. The molecule has 0 saturated heterocycles. The van der Waals surface area contributed by atoms with E-state index in [0.29, 0.717) is 18.2 Å². The van der Waals surface area contributed by atoms with Crippen molar-refractivity contribution in [2.24, 2.45) is 0 Å². The third kappa shape index (κ3) is 6.36. The van der Waals surface area contributed by atoms with Gasteiger partial charge in [0.15, 0.2) is 0 Å². The van der Waals surface area contributed by atoms with Gasteiger partial charge in [0.2, 0.25) is 5.95 Å². The second kappa shape index (κ2) is 13.6. The Bertz CT molecular complexity index is 1760. The van der Waals surface area contributed by atoms with Gasteiger partial charge in [-0.15, -0.1) is 0 Å². The number of ether oxygens (including phenoxy) is 2. The van der Waals surface area contributed by atoms with Crippen molar-refractivity contribution in [2.45, 2.75) is 33.4 Å². The van der Waals surface area contributed by atoms with Crippen molar-refractivity contribution in [3.05, 3.63) is 91.0 Å². The number of rotatable bonds is 11. The number of aromatic nitrogens is 2. The number of benzene rings is 4. The maximum Gasteiger partial charge on any atom is 0.222 e. The molecule has 0 atom stereocenters. The van der Waals surface area contributed by atoms with Crippen LogP contribution in [0.15, 0.2) is 111 Å². The van der Waals surface area contributed by atoms with Crippen LogP contribution in [0.4, 0.5) is 17.5 Å². The molecular weight excluding hydrogens is 587 g/mol. The molecule has 224 valence electrons. The number of nitrogen functional groups attached to an aromatic ring is 1. The molecule has 3 N–H and O–H groups in total. The molecule has 1 aliphatic rings. The van der Waals surface area contributed by atoms with Gasteiger partial charge in [-0.2, -0.15) is 4.98 Å². The molecule has 4 aromatic carbocycles. The number of methoxy groups -OCH3 is 1. The average Bonchev–Trinajstić information content (AvgIpc) is 3.06. The molecule has 1 aliphatic heterocycles. The number of fused-ring (bicyclic) bond motifs is 2. The smallest absolute Gasteiger partial charge is 0.222 e. The second-order valence-corrected chi connectivity index (χ2v) is 12.3. The highest BCUT2D eigenvalue weighted by atomic mass is 32.2. The maximum absolute atomic E-state index is 6.39. The molecule has 9 heteroatoms. The highest BCUT2D eigenvalue weighted by Crippen LogP contribution is 2.53. The van der Waals surface area contributed by atoms with Gasteiger partial charge in [0.05, 0.1) is 24.1 Å². The summed E-state index contributed by atoms with van der Waals surface area (Å²) in [6.45, 7) is 7.87. The third-order valence-corrected chi connectivity index (χ3v) is 10.1. The number of nitrogens with two attached hydrogens (primary N) is 1. The van der Waals surface area contributed by atoms with Gasteiger partial charge < -0.3 is 25.4 Å². The minimum atomic E-state index is 0.179. The summed E-state index contributed by atoms with van der Waals surface area (Å²) in [5, 5.41) is 3.53. The molecule has 0 unspecified atom stereocenters. The van der Waals surface area contributed by atoms with E-state index in [0.717, 1.165) is 58.4 Å². The molecule has 5 aromatic rings. The van der Waals surface area contributed by atoms with Crippen molar-refractivity contribution in [3.8, 4) is 33.9 Å². The summed E-state index contributed by atoms with van der Waals surface area (Å²) < 4.78 is 11.7. The van der Waals surface area contributed by atoms with E-state index in [-0.39, 0.29) is 5.95 Å². The highest BCUT2D eigenvalue weighted by molar-refractivity contribution is 8.05. The van der Waals surface area contributed by atoms with Crippen LogP contribution < -0.4 is 20.5 Å². The first-order valence-corrected chi connectivity index (χ1v) is 16.3. The van der Waals surface area contributed by atoms with Crippen molar-refractivity contribution < 1.29 is 9.47 Å². The van der Waals surface area contributed by atoms with E-state index in [1.807, 2.05) is 48.5 Å². The minimum absolute atomic E-state index is 0.179. The Labute approximate surface area is 267 Å². The minimum Gasteiger partial charge on any atom is -0.495 e. The molecule has 0 radical (unpaired) electrons. The number of anilines is 3. The lowest BCUT2D eigenvalue weighted by Gasteiger charge is -2.23. The molecule has 0 bridgehead atoms. The molecule has 0 fully saturated rings. The molecule has 6 rings (SSSR count). The fourth-order valence-corrected chi connectivity index (χ4v) is 7.58. The van der Waals surface area contributed by atoms with Gasteiger partial charge in [-0.3, -0.25) is 0 Å². The van der Waals surface area contributed by atoms with Crippen LogP contribution in [0.25, 0.3) is 22.4 Å². The summed E-state index contributed by atoms with van der Waals surface area (Å²) in [6, 6.07) is 30.7. The number of likely N-dealkylation sites (N-methyl/N-ethyl adjacent to an activating group) is 1. The predicted molar refractivity (Wildman–Crippen MR) is 182 cm³/mol. The van der Waals surface area contributed by atoms with Crippen molar-refractivity contribution >= 4 is 41.0 Å². The third-order valence-electron chi connectivity index (χ3n) is 7.51. The Balaban J connectivity index is 1.45. The first kappa shape index (κ1) is 29.9. The number of nitrogens with zero attached hydrogens (tertiary/aromatic N) is 3. The summed E-state index contributed by atoms with van der Waals surface area (Å²) in [6.07, 6.45) is 0. The Morgan fingerprint density at radius 1 is 0.795 bits per heavy atom. The van der Waals surface area contributed by atoms with Crippen LogP contribution in [0, 0.1) is 0 Å². The molecule has 0 spiro atoms. The lowest BCUT2D eigenvalue weighted by molar-refractivity contribution is 0.223. The van der Waals surface area contributed by atoms with Gasteiger partial charge >= 0.3 is 0 Å². The number of para-hydroxylation sites is 2. The molecule has 0 amide bonds. The zero-order valence-electron chi connectivity index (χ0n) is 25.0. The molecule has 2 heterocycles. The monoisotopic (exact) mass is 621 g/mol. The largest absolute Gasteiger partial charge is 0.495 e. The Hall–Kier alpha value is -4.18. The number of hydrogen-bond donors (Lipinski definition) is 2. The van der Waals surface area contributed by atoms with Crippen LogP contribution in [-0.4, -0.2) is 48.2 Å². The Kier molecular flexibility index (Phi) is 9.26. The van der Waals surface area contributed by atoms with Crippen LogP contribution >= 0.6 is 23.5 Å². The van der Waals surface area contributed by atoms with Crippen molar-refractivity contribution in [1.29, 1.82) is 0 Å². The van der Waals surface area contributed by atoms with E-state index < -0.39 is 0 Å². The van der Waals surface area contributed by atoms with Crippen LogP contribution in [0.3, 0.4) is 0 Å². The fraction of sp³-hybridized carbons (Fsp3) is 0.200. The predicted octanol–water partition coefficient (Wildman–Crippen LogP) is 8.48. The number of hydrogen-bond acceptors (Lipinski definition) is 9. The van der Waals surface area contributed by atoms with Gasteiger partial charge in [-0.05, 0) is 67.7 Å². The van der Waals surface area contributed by atoms with Crippen molar-refractivity contribution in [3.63, 3.8) is 0 Å². The standard InChI is InChI=1S/C35H35N5O2S2/c1-4-40(5-2)21-22-42-24-19-17-23(18-20-24)32-31(34(39-35(36)38-32)37-26-12-6-7-13-27(26)41-3)25-11-10-16-30-33(25)44-29-15-9-8-14-28(29)43-30/h6-20H,4-5,21-22H2,1-3H3,(H3,36,37,38,39). The molecule has 0 aliphatic carbocycles. The van der Waals surface area contributed by atoms with E-state index >= 15 is 0 Å². The summed E-state index contributed by atoms with van der Waals surface area (Å²) in [4.78, 5) is 16.7. The van der Waals surface area contributed by atoms with Gasteiger partial charge in [-0.1, -0.05) is 73.8 Å². The van der Waals surface area contributed by atoms with Crippen LogP contribution in [0.1, 0.15) is 13.8 Å². The topological polar surface area (TPSA) is 85.5 Å². The Morgan fingerprint density at radius 2 is 1.50 bits per heavy atom. The lowest BCUT2D eigenvalue weighted by atomic mass is 9.99. The van der Waals surface area contributed by atoms with Gasteiger partial charge in [0, 0.05) is 37.3 Å². The summed E-state index contributed by atoms with van der Waals surface area (Å²) in [5.74, 6) is 2.31. The zero-order valence-corrected chi connectivity index (χ0v) is 26.7. The zero-order chi connectivity index (χ0) is 30.5. The van der Waals surface area contributed by atoms with Crippen LogP contribution in [0.5, 0.6) is 11.5 Å². The van der Waals surface area contributed by atoms with E-state index in [1.54, 1.807) is 30.6 Å². The van der Waals surface area contributed by atoms with Gasteiger partial charge in [0.1, 0.15) is 23.9 Å². The quantitative estimate of drug-likeness (QED) is 0.148.